The molecule has 4 heteroatoms. The van der Waals surface area contributed by atoms with Gasteiger partial charge in [0.25, 0.3) is 0 Å². The van der Waals surface area contributed by atoms with E-state index in [2.05, 4.69) is 11.4 Å². The molecular formula is C17H30N2O2. The summed E-state index contributed by atoms with van der Waals surface area (Å²) >= 11 is 0. The second-order valence-electron chi connectivity index (χ2n) is 6.58. The molecule has 2 N–H and O–H groups in total. The zero-order valence-electron chi connectivity index (χ0n) is 13.3. The van der Waals surface area contributed by atoms with Crippen LogP contribution in [0.5, 0.6) is 0 Å². The van der Waals surface area contributed by atoms with Crippen molar-refractivity contribution in [2.24, 2.45) is 5.92 Å². The van der Waals surface area contributed by atoms with Gasteiger partial charge in [-0.1, -0.05) is 24.5 Å². The molecule has 0 aromatic heterocycles. The second-order valence-corrected chi connectivity index (χ2v) is 6.58. The molecular weight excluding hydrogens is 264 g/mol. The second kappa shape index (κ2) is 8.42. The number of amides is 2. The molecule has 120 valence electrons. The van der Waals surface area contributed by atoms with Crippen molar-refractivity contribution < 1.29 is 9.90 Å². The fourth-order valence-electron chi connectivity index (χ4n) is 3.43. The summed E-state index contributed by atoms with van der Waals surface area (Å²) in [6.45, 7) is 1.39. The Morgan fingerprint density at radius 2 is 2.14 bits per heavy atom. The Morgan fingerprint density at radius 1 is 1.33 bits per heavy atom. The van der Waals surface area contributed by atoms with Crippen LogP contribution in [-0.4, -0.2) is 42.3 Å². The largest absolute Gasteiger partial charge is 0.393 e. The fraction of sp³-hybridized carbons (Fsp3) is 0.824. The number of allylic oxidation sites excluding steroid dienone is 1. The van der Waals surface area contributed by atoms with Crippen molar-refractivity contribution in [1.82, 2.24) is 10.2 Å². The lowest BCUT2D eigenvalue weighted by Crippen LogP contribution is -2.43. The fourth-order valence-corrected chi connectivity index (χ4v) is 3.43. The van der Waals surface area contributed by atoms with E-state index in [4.69, 9.17) is 0 Å². The Balaban J connectivity index is 1.66. The third kappa shape index (κ3) is 5.34. The zero-order valence-corrected chi connectivity index (χ0v) is 13.3. The van der Waals surface area contributed by atoms with Gasteiger partial charge < -0.3 is 15.3 Å². The molecule has 0 aliphatic heterocycles. The molecule has 1 fully saturated rings. The highest BCUT2D eigenvalue weighted by Crippen LogP contribution is 2.25. The Hall–Kier alpha value is -1.03. The van der Waals surface area contributed by atoms with Gasteiger partial charge in [0.1, 0.15) is 0 Å². The van der Waals surface area contributed by atoms with Gasteiger partial charge in [0.2, 0.25) is 0 Å². The predicted octanol–water partition coefficient (Wildman–Crippen LogP) is 3.07. The molecule has 1 saturated carbocycles. The summed E-state index contributed by atoms with van der Waals surface area (Å²) in [6.07, 6.45) is 12.3. The van der Waals surface area contributed by atoms with Crippen LogP contribution in [0, 0.1) is 5.92 Å². The van der Waals surface area contributed by atoms with Crippen molar-refractivity contribution >= 4 is 6.03 Å². The minimum absolute atomic E-state index is 0.0100. The van der Waals surface area contributed by atoms with E-state index < -0.39 is 0 Å². The van der Waals surface area contributed by atoms with E-state index in [0.717, 1.165) is 32.2 Å². The van der Waals surface area contributed by atoms with Gasteiger partial charge in [-0.25, -0.2) is 4.79 Å². The van der Waals surface area contributed by atoms with E-state index in [1.54, 1.807) is 4.90 Å². The number of hydrogen-bond acceptors (Lipinski definition) is 2. The molecule has 0 saturated heterocycles. The molecule has 0 aromatic carbocycles. The third-order valence-electron chi connectivity index (χ3n) is 4.83. The quantitative estimate of drug-likeness (QED) is 0.766. The van der Waals surface area contributed by atoms with Gasteiger partial charge >= 0.3 is 6.03 Å². The van der Waals surface area contributed by atoms with Crippen LogP contribution in [0.3, 0.4) is 0 Å². The van der Waals surface area contributed by atoms with Gasteiger partial charge in [-0.3, -0.25) is 0 Å². The summed E-state index contributed by atoms with van der Waals surface area (Å²) in [5, 5.41) is 13.0. The minimum Gasteiger partial charge on any atom is -0.393 e. The third-order valence-corrected chi connectivity index (χ3v) is 4.83. The van der Waals surface area contributed by atoms with E-state index in [9.17, 15) is 9.90 Å². The highest BCUT2D eigenvalue weighted by atomic mass is 16.3. The molecule has 21 heavy (non-hydrogen) atoms. The first-order valence-corrected chi connectivity index (χ1v) is 8.52. The van der Waals surface area contributed by atoms with Crippen molar-refractivity contribution in [3.63, 3.8) is 0 Å². The topological polar surface area (TPSA) is 52.6 Å². The van der Waals surface area contributed by atoms with Crippen LogP contribution in [0.4, 0.5) is 4.79 Å². The summed E-state index contributed by atoms with van der Waals surface area (Å²) < 4.78 is 0. The van der Waals surface area contributed by atoms with E-state index in [-0.39, 0.29) is 18.1 Å². The van der Waals surface area contributed by atoms with Crippen LogP contribution in [-0.2, 0) is 0 Å². The number of nitrogens with zero attached hydrogens (tertiary/aromatic N) is 1. The standard InChI is InChI=1S/C17H30N2O2/c1-19(13-15-9-5-6-10-16(15)20)17(21)18-12-11-14-7-3-2-4-8-14/h7,15-16,20H,2-6,8-13H2,1H3,(H,18,21). The first kappa shape index (κ1) is 16.3. The summed E-state index contributed by atoms with van der Waals surface area (Å²) in [4.78, 5) is 13.8. The molecule has 0 aromatic rings. The lowest BCUT2D eigenvalue weighted by atomic mass is 9.86. The van der Waals surface area contributed by atoms with Crippen molar-refractivity contribution in [3.05, 3.63) is 11.6 Å². The van der Waals surface area contributed by atoms with Gasteiger partial charge in [-0.05, 0) is 44.9 Å². The van der Waals surface area contributed by atoms with Gasteiger partial charge in [-0.2, -0.15) is 0 Å². The number of carbonyl (C=O) groups is 1. The maximum Gasteiger partial charge on any atom is 0.317 e. The normalized spacial score (nSPS) is 26.1. The molecule has 0 spiro atoms. The first-order valence-electron chi connectivity index (χ1n) is 8.52. The van der Waals surface area contributed by atoms with Crippen molar-refractivity contribution in [2.45, 2.75) is 63.9 Å². The van der Waals surface area contributed by atoms with Crippen LogP contribution < -0.4 is 5.32 Å². The number of hydrogen-bond donors (Lipinski definition) is 2. The molecule has 2 aliphatic rings. The van der Waals surface area contributed by atoms with Crippen LogP contribution in [0.1, 0.15) is 57.8 Å². The molecule has 2 aliphatic carbocycles. The first-order chi connectivity index (χ1) is 10.2. The highest BCUT2D eigenvalue weighted by Gasteiger charge is 2.25. The van der Waals surface area contributed by atoms with E-state index in [0.29, 0.717) is 6.54 Å². The summed E-state index contributed by atoms with van der Waals surface area (Å²) in [5.74, 6) is 0.246. The molecule has 0 bridgehead atoms. The SMILES string of the molecule is CN(CC1CCCCC1O)C(=O)NCCC1=CCCCC1. The maximum absolute atomic E-state index is 12.1. The highest BCUT2D eigenvalue weighted by molar-refractivity contribution is 5.73. The lowest BCUT2D eigenvalue weighted by Gasteiger charge is -2.31. The Morgan fingerprint density at radius 3 is 2.86 bits per heavy atom. The number of carbonyl (C=O) groups excluding carboxylic acids is 1. The predicted molar refractivity (Wildman–Crippen MR) is 85.2 cm³/mol. The molecule has 2 rings (SSSR count). The molecule has 4 nitrogen and oxygen atoms in total. The van der Waals surface area contributed by atoms with E-state index in [1.807, 2.05) is 7.05 Å². The van der Waals surface area contributed by atoms with Crippen molar-refractivity contribution in [3.8, 4) is 0 Å². The molecule has 0 heterocycles. The summed E-state index contributed by atoms with van der Waals surface area (Å²) in [7, 11) is 1.83. The molecule has 0 radical (unpaired) electrons. The summed E-state index contributed by atoms with van der Waals surface area (Å²) in [5.41, 5.74) is 1.49. The van der Waals surface area contributed by atoms with Crippen LogP contribution >= 0.6 is 0 Å². The Kier molecular flexibility index (Phi) is 6.55. The Labute approximate surface area is 128 Å². The monoisotopic (exact) mass is 294 g/mol. The van der Waals surface area contributed by atoms with Crippen molar-refractivity contribution in [2.75, 3.05) is 20.1 Å². The zero-order chi connectivity index (χ0) is 15.1. The maximum atomic E-state index is 12.1. The number of rotatable bonds is 5. The van der Waals surface area contributed by atoms with Gasteiger partial charge in [0.05, 0.1) is 6.10 Å². The number of nitrogens with one attached hydrogen (secondary N) is 1. The van der Waals surface area contributed by atoms with Gasteiger partial charge in [0, 0.05) is 26.1 Å². The number of aliphatic hydroxyl groups excluding tert-OH is 1. The minimum atomic E-state index is -0.235. The number of urea groups is 1. The number of aliphatic hydroxyl groups is 1. The van der Waals surface area contributed by atoms with E-state index in [1.165, 1.54) is 37.7 Å². The molecule has 2 unspecified atom stereocenters. The Bertz CT molecular complexity index is 368. The molecule has 2 amide bonds. The van der Waals surface area contributed by atoms with Crippen LogP contribution in [0.15, 0.2) is 11.6 Å². The van der Waals surface area contributed by atoms with E-state index >= 15 is 0 Å². The van der Waals surface area contributed by atoms with Gasteiger partial charge in [0.15, 0.2) is 0 Å². The van der Waals surface area contributed by atoms with Crippen LogP contribution in [0.2, 0.25) is 0 Å². The summed E-state index contributed by atoms with van der Waals surface area (Å²) in [6, 6.07) is -0.0100. The smallest absolute Gasteiger partial charge is 0.317 e. The lowest BCUT2D eigenvalue weighted by molar-refractivity contribution is 0.0565. The van der Waals surface area contributed by atoms with Crippen LogP contribution in [0.25, 0.3) is 0 Å². The molecule has 2 atom stereocenters. The average molecular weight is 294 g/mol. The average Bonchev–Trinajstić information content (AvgIpc) is 2.50. The van der Waals surface area contributed by atoms with Gasteiger partial charge in [-0.15, -0.1) is 0 Å². The van der Waals surface area contributed by atoms with Crippen molar-refractivity contribution in [1.29, 1.82) is 0 Å².